The Labute approximate surface area is 105 Å². The van der Waals surface area contributed by atoms with Gasteiger partial charge in [-0.3, -0.25) is 4.79 Å². The molecular weight excluding hydrogens is 236 g/mol. The zero-order valence-electron chi connectivity index (χ0n) is 9.78. The number of nitrogens with one attached hydrogen (secondary N) is 1. The van der Waals surface area contributed by atoms with Gasteiger partial charge < -0.3 is 15.5 Å². The fourth-order valence-corrected chi connectivity index (χ4v) is 3.11. The first-order valence-corrected chi connectivity index (χ1v) is 7.03. The molecule has 3 N–H and O–H groups in total. The Balaban J connectivity index is 1.80. The third-order valence-corrected chi connectivity index (χ3v) is 4.25. The molecule has 0 bridgehead atoms. The lowest BCUT2D eigenvalue weighted by Gasteiger charge is -2.21. The average Bonchev–Trinajstić information content (AvgIpc) is 2.86. The topological polar surface area (TPSA) is 68.3 Å². The van der Waals surface area contributed by atoms with Crippen molar-refractivity contribution in [1.29, 1.82) is 0 Å². The lowest BCUT2D eigenvalue weighted by Crippen LogP contribution is -2.31. The van der Waals surface area contributed by atoms with Crippen LogP contribution in [0.15, 0.2) is 16.5 Å². The molecule has 2 rings (SSSR count). The number of thioether (sulfide) groups is 1. The first-order valence-electron chi connectivity index (χ1n) is 5.98. The van der Waals surface area contributed by atoms with E-state index in [1.807, 2.05) is 11.8 Å². The van der Waals surface area contributed by atoms with Gasteiger partial charge in [0.1, 0.15) is 5.76 Å². The summed E-state index contributed by atoms with van der Waals surface area (Å²) >= 11 is 1.94. The maximum absolute atomic E-state index is 11.8. The van der Waals surface area contributed by atoms with E-state index in [2.05, 4.69) is 5.32 Å². The van der Waals surface area contributed by atoms with E-state index in [4.69, 9.17) is 10.2 Å². The number of amides is 1. The highest BCUT2D eigenvalue weighted by Gasteiger charge is 2.16. The molecule has 1 aliphatic heterocycles. The molecule has 1 fully saturated rings. The van der Waals surface area contributed by atoms with E-state index in [0.717, 1.165) is 6.54 Å². The molecule has 1 aromatic rings. The van der Waals surface area contributed by atoms with Gasteiger partial charge in [-0.05, 0) is 30.7 Å². The molecule has 1 atom stereocenters. The second-order valence-electron chi connectivity index (χ2n) is 4.17. The van der Waals surface area contributed by atoms with E-state index in [0.29, 0.717) is 23.3 Å². The van der Waals surface area contributed by atoms with Crippen LogP contribution in [0.4, 0.5) is 0 Å². The summed E-state index contributed by atoms with van der Waals surface area (Å²) in [6.45, 7) is 1.05. The Kier molecular flexibility index (Phi) is 4.50. The number of carbonyl (C=O) groups is 1. The van der Waals surface area contributed by atoms with Crippen LogP contribution < -0.4 is 11.1 Å². The maximum Gasteiger partial charge on any atom is 0.287 e. The number of hydrogen-bond donors (Lipinski definition) is 2. The largest absolute Gasteiger partial charge is 0.455 e. The SMILES string of the molecule is NCc1ccc(C(=O)NCC2CCCCS2)o1. The number of nitrogens with two attached hydrogens (primary N) is 1. The Hall–Kier alpha value is -0.940. The minimum absolute atomic E-state index is 0.143. The number of rotatable bonds is 4. The quantitative estimate of drug-likeness (QED) is 0.859. The molecule has 94 valence electrons. The molecule has 0 radical (unpaired) electrons. The van der Waals surface area contributed by atoms with Gasteiger partial charge in [-0.15, -0.1) is 0 Å². The molecule has 1 aromatic heterocycles. The molecule has 0 aromatic carbocycles. The third kappa shape index (κ3) is 3.51. The van der Waals surface area contributed by atoms with Crippen molar-refractivity contribution < 1.29 is 9.21 Å². The van der Waals surface area contributed by atoms with E-state index < -0.39 is 0 Å². The molecule has 1 aliphatic rings. The van der Waals surface area contributed by atoms with Gasteiger partial charge in [0.15, 0.2) is 5.76 Å². The predicted molar refractivity (Wildman–Crippen MR) is 69.0 cm³/mol. The van der Waals surface area contributed by atoms with Gasteiger partial charge >= 0.3 is 0 Å². The van der Waals surface area contributed by atoms with Crippen molar-refractivity contribution in [2.24, 2.45) is 5.73 Å². The first-order chi connectivity index (χ1) is 8.29. The first kappa shape index (κ1) is 12.5. The molecular formula is C12H18N2O2S. The van der Waals surface area contributed by atoms with Gasteiger partial charge in [0.05, 0.1) is 6.54 Å². The minimum Gasteiger partial charge on any atom is -0.455 e. The number of carbonyl (C=O) groups excluding carboxylic acids is 1. The molecule has 0 aliphatic carbocycles. The molecule has 0 saturated carbocycles. The van der Waals surface area contributed by atoms with E-state index in [-0.39, 0.29) is 5.91 Å². The molecule has 2 heterocycles. The van der Waals surface area contributed by atoms with E-state index >= 15 is 0 Å². The van der Waals surface area contributed by atoms with Crippen molar-refractivity contribution in [3.05, 3.63) is 23.7 Å². The second-order valence-corrected chi connectivity index (χ2v) is 5.58. The van der Waals surface area contributed by atoms with Gasteiger partial charge in [-0.2, -0.15) is 11.8 Å². The second kappa shape index (κ2) is 6.12. The third-order valence-electron chi connectivity index (χ3n) is 2.85. The number of hydrogen-bond acceptors (Lipinski definition) is 4. The van der Waals surface area contributed by atoms with Crippen LogP contribution in [0, 0.1) is 0 Å². The lowest BCUT2D eigenvalue weighted by molar-refractivity contribution is 0.0924. The predicted octanol–water partition coefficient (Wildman–Crippen LogP) is 1.75. The summed E-state index contributed by atoms with van der Waals surface area (Å²) in [7, 11) is 0. The Morgan fingerprint density at radius 3 is 3.06 bits per heavy atom. The average molecular weight is 254 g/mol. The molecule has 0 spiro atoms. The van der Waals surface area contributed by atoms with Crippen molar-refractivity contribution >= 4 is 17.7 Å². The van der Waals surface area contributed by atoms with Crippen molar-refractivity contribution in [3.63, 3.8) is 0 Å². The van der Waals surface area contributed by atoms with Crippen LogP contribution >= 0.6 is 11.8 Å². The monoisotopic (exact) mass is 254 g/mol. The number of furan rings is 1. The minimum atomic E-state index is -0.143. The summed E-state index contributed by atoms with van der Waals surface area (Å²) in [5.41, 5.74) is 5.43. The highest BCUT2D eigenvalue weighted by Crippen LogP contribution is 2.24. The van der Waals surface area contributed by atoms with Crippen LogP contribution in [-0.4, -0.2) is 23.5 Å². The van der Waals surface area contributed by atoms with E-state index in [9.17, 15) is 4.79 Å². The van der Waals surface area contributed by atoms with Crippen molar-refractivity contribution in [3.8, 4) is 0 Å². The summed E-state index contributed by atoms with van der Waals surface area (Å²) in [6.07, 6.45) is 3.76. The normalized spacial score (nSPS) is 20.2. The van der Waals surface area contributed by atoms with Crippen molar-refractivity contribution in [2.75, 3.05) is 12.3 Å². The Morgan fingerprint density at radius 1 is 1.53 bits per heavy atom. The summed E-state index contributed by atoms with van der Waals surface area (Å²) in [5.74, 6) is 2.06. The molecule has 5 heteroatoms. The standard InChI is InChI=1S/C12H18N2O2S/c13-7-9-4-5-11(16-9)12(15)14-8-10-3-1-2-6-17-10/h4-5,10H,1-3,6-8,13H2,(H,14,15). The van der Waals surface area contributed by atoms with Crippen LogP contribution in [0.5, 0.6) is 0 Å². The lowest BCUT2D eigenvalue weighted by atomic mass is 10.2. The molecule has 1 amide bonds. The summed E-state index contributed by atoms with van der Waals surface area (Å²) in [4.78, 5) is 11.8. The fourth-order valence-electron chi connectivity index (χ4n) is 1.87. The van der Waals surface area contributed by atoms with Crippen molar-refractivity contribution in [2.45, 2.75) is 31.1 Å². The summed E-state index contributed by atoms with van der Waals surface area (Å²) in [6, 6.07) is 3.41. The highest BCUT2D eigenvalue weighted by molar-refractivity contribution is 7.99. The van der Waals surface area contributed by atoms with Crippen LogP contribution in [0.3, 0.4) is 0 Å². The van der Waals surface area contributed by atoms with Gasteiger partial charge in [0.25, 0.3) is 5.91 Å². The van der Waals surface area contributed by atoms with E-state index in [1.165, 1.54) is 25.0 Å². The summed E-state index contributed by atoms with van der Waals surface area (Å²) in [5, 5.41) is 3.46. The zero-order chi connectivity index (χ0) is 12.1. The molecule has 4 nitrogen and oxygen atoms in total. The van der Waals surface area contributed by atoms with Crippen molar-refractivity contribution in [1.82, 2.24) is 5.32 Å². The van der Waals surface area contributed by atoms with E-state index in [1.54, 1.807) is 12.1 Å². The maximum atomic E-state index is 11.8. The Morgan fingerprint density at radius 2 is 2.41 bits per heavy atom. The Bertz CT molecular complexity index is 372. The molecule has 17 heavy (non-hydrogen) atoms. The fraction of sp³-hybridized carbons (Fsp3) is 0.583. The molecule has 1 unspecified atom stereocenters. The van der Waals surface area contributed by atoms with Gasteiger partial charge in [0.2, 0.25) is 0 Å². The highest BCUT2D eigenvalue weighted by atomic mass is 32.2. The molecule has 1 saturated heterocycles. The van der Waals surface area contributed by atoms with Crippen LogP contribution in [0.1, 0.15) is 35.6 Å². The smallest absolute Gasteiger partial charge is 0.287 e. The van der Waals surface area contributed by atoms with Gasteiger partial charge in [0, 0.05) is 11.8 Å². The summed E-state index contributed by atoms with van der Waals surface area (Å²) < 4.78 is 5.29. The van der Waals surface area contributed by atoms with Gasteiger partial charge in [-0.1, -0.05) is 6.42 Å². The van der Waals surface area contributed by atoms with Crippen LogP contribution in [-0.2, 0) is 6.54 Å². The van der Waals surface area contributed by atoms with Crippen LogP contribution in [0.25, 0.3) is 0 Å². The van der Waals surface area contributed by atoms with Crippen LogP contribution in [0.2, 0.25) is 0 Å². The zero-order valence-corrected chi connectivity index (χ0v) is 10.6. The van der Waals surface area contributed by atoms with Gasteiger partial charge in [-0.25, -0.2) is 0 Å².